The topological polar surface area (TPSA) is 62.7 Å². The van der Waals surface area contributed by atoms with Gasteiger partial charge in [0.2, 0.25) is 0 Å². The number of guanidine groups is 1. The van der Waals surface area contributed by atoms with Crippen LogP contribution in [0.3, 0.4) is 0 Å². The molecule has 2 aliphatic rings. The Morgan fingerprint density at radius 2 is 2.18 bits per heavy atom. The fourth-order valence-corrected chi connectivity index (χ4v) is 2.18. The Labute approximate surface area is 102 Å². The van der Waals surface area contributed by atoms with Crippen molar-refractivity contribution >= 4 is 11.9 Å². The summed E-state index contributed by atoms with van der Waals surface area (Å²) in [5.41, 5.74) is -0.804. The third-order valence-electron chi connectivity index (χ3n) is 3.05. The lowest BCUT2D eigenvalue weighted by Crippen LogP contribution is -2.49. The van der Waals surface area contributed by atoms with E-state index in [1.807, 2.05) is 20.8 Å². The second-order valence-electron chi connectivity index (χ2n) is 5.92. The summed E-state index contributed by atoms with van der Waals surface area (Å²) < 4.78 is 5.18. The minimum atomic E-state index is -0.692. The Morgan fingerprint density at radius 3 is 2.65 bits per heavy atom. The fourth-order valence-electron chi connectivity index (χ4n) is 2.18. The van der Waals surface area contributed by atoms with Gasteiger partial charge in [-0.25, -0.2) is 4.99 Å². The van der Waals surface area contributed by atoms with Crippen LogP contribution in [-0.2, 0) is 9.53 Å². The van der Waals surface area contributed by atoms with E-state index < -0.39 is 5.54 Å². The lowest BCUT2D eigenvalue weighted by Gasteiger charge is -2.22. The first kappa shape index (κ1) is 12.4. The third kappa shape index (κ3) is 2.44. The van der Waals surface area contributed by atoms with Crippen molar-refractivity contribution in [2.75, 3.05) is 13.7 Å². The number of nitrogens with zero attached hydrogens (tertiary/aromatic N) is 1. The Morgan fingerprint density at radius 1 is 1.53 bits per heavy atom. The van der Waals surface area contributed by atoms with E-state index in [4.69, 9.17) is 4.74 Å². The molecule has 0 saturated heterocycles. The molecule has 17 heavy (non-hydrogen) atoms. The van der Waals surface area contributed by atoms with Crippen molar-refractivity contribution in [3.8, 4) is 0 Å². The lowest BCUT2D eigenvalue weighted by molar-refractivity contribution is -0.126. The second-order valence-corrected chi connectivity index (χ2v) is 5.92. The Kier molecular flexibility index (Phi) is 2.89. The molecule has 1 unspecified atom stereocenters. The summed E-state index contributed by atoms with van der Waals surface area (Å²) in [6.45, 7) is 6.47. The third-order valence-corrected chi connectivity index (χ3v) is 3.05. The van der Waals surface area contributed by atoms with Crippen molar-refractivity contribution in [2.24, 2.45) is 10.9 Å². The number of carbonyl (C=O) groups excluding carboxylic acids is 1. The largest absolute Gasteiger partial charge is 0.382 e. The smallest absolute Gasteiger partial charge is 0.257 e. The maximum Gasteiger partial charge on any atom is 0.257 e. The molecule has 1 heterocycles. The quantitative estimate of drug-likeness (QED) is 0.760. The van der Waals surface area contributed by atoms with Crippen LogP contribution in [0.1, 0.15) is 33.6 Å². The summed E-state index contributed by atoms with van der Waals surface area (Å²) in [6, 6.07) is 0. The number of aliphatic imine (C=N–C) groups is 1. The zero-order valence-corrected chi connectivity index (χ0v) is 11.0. The summed E-state index contributed by atoms with van der Waals surface area (Å²) in [7, 11) is 1.61. The van der Waals surface area contributed by atoms with Gasteiger partial charge >= 0.3 is 0 Å². The van der Waals surface area contributed by atoms with Gasteiger partial charge in [-0.3, -0.25) is 10.1 Å². The van der Waals surface area contributed by atoms with Crippen LogP contribution in [0.15, 0.2) is 4.99 Å². The molecule has 96 valence electrons. The molecule has 5 nitrogen and oxygen atoms in total. The molecular formula is C12H21N3O2. The van der Waals surface area contributed by atoms with E-state index in [1.165, 1.54) is 0 Å². The highest BCUT2D eigenvalue weighted by molar-refractivity contribution is 6.08. The molecule has 1 fully saturated rings. The summed E-state index contributed by atoms with van der Waals surface area (Å²) in [6.07, 6.45) is 2.12. The molecule has 0 aromatic heterocycles. The number of rotatable bonds is 3. The monoisotopic (exact) mass is 239 g/mol. The van der Waals surface area contributed by atoms with Crippen LogP contribution < -0.4 is 10.6 Å². The number of hydrogen-bond acceptors (Lipinski definition) is 4. The highest BCUT2D eigenvalue weighted by Crippen LogP contribution is 2.43. The number of amides is 1. The van der Waals surface area contributed by atoms with Crippen molar-refractivity contribution in [3.05, 3.63) is 0 Å². The average molecular weight is 239 g/mol. The van der Waals surface area contributed by atoms with Crippen LogP contribution in [0.5, 0.6) is 0 Å². The first-order valence-corrected chi connectivity index (χ1v) is 6.06. The van der Waals surface area contributed by atoms with Gasteiger partial charge in [0.1, 0.15) is 0 Å². The zero-order valence-electron chi connectivity index (χ0n) is 11.0. The fraction of sp³-hybridized carbons (Fsp3) is 0.833. The molecule has 1 aliphatic heterocycles. The predicted octanol–water partition coefficient (Wildman–Crippen LogP) is 0.655. The van der Waals surface area contributed by atoms with Gasteiger partial charge in [-0.15, -0.1) is 0 Å². The maximum absolute atomic E-state index is 12.1. The van der Waals surface area contributed by atoms with Crippen LogP contribution in [-0.4, -0.2) is 36.7 Å². The van der Waals surface area contributed by atoms with E-state index in [0.29, 0.717) is 18.5 Å². The van der Waals surface area contributed by atoms with E-state index in [-0.39, 0.29) is 11.4 Å². The molecule has 0 aromatic rings. The van der Waals surface area contributed by atoms with Gasteiger partial charge in [0, 0.05) is 12.6 Å². The number of hydrogen-bond donors (Lipinski definition) is 2. The van der Waals surface area contributed by atoms with Crippen molar-refractivity contribution in [1.29, 1.82) is 0 Å². The van der Waals surface area contributed by atoms with Gasteiger partial charge < -0.3 is 10.1 Å². The number of carbonyl (C=O) groups is 1. The van der Waals surface area contributed by atoms with Gasteiger partial charge in [0.05, 0.1) is 6.61 Å². The minimum Gasteiger partial charge on any atom is -0.382 e. The first-order valence-electron chi connectivity index (χ1n) is 6.06. The molecular weight excluding hydrogens is 218 g/mol. The highest BCUT2D eigenvalue weighted by atomic mass is 16.5. The summed E-state index contributed by atoms with van der Waals surface area (Å²) in [5, 5.41) is 6.03. The minimum absolute atomic E-state index is 0.0337. The Hall–Kier alpha value is -1.10. The van der Waals surface area contributed by atoms with E-state index in [2.05, 4.69) is 15.6 Å². The second kappa shape index (κ2) is 3.98. The van der Waals surface area contributed by atoms with E-state index >= 15 is 0 Å². The van der Waals surface area contributed by atoms with Crippen LogP contribution in [0.4, 0.5) is 0 Å². The molecule has 1 atom stereocenters. The van der Waals surface area contributed by atoms with Crippen LogP contribution >= 0.6 is 0 Å². The summed E-state index contributed by atoms with van der Waals surface area (Å²) in [4.78, 5) is 16.7. The molecule has 0 spiro atoms. The van der Waals surface area contributed by atoms with Crippen LogP contribution in [0, 0.1) is 5.92 Å². The number of nitrogens with one attached hydrogen (secondary N) is 2. The normalized spacial score (nSPS) is 28.9. The summed E-state index contributed by atoms with van der Waals surface area (Å²) >= 11 is 0. The molecule has 0 aromatic carbocycles. The Balaban J connectivity index is 2.18. The van der Waals surface area contributed by atoms with Gasteiger partial charge in [-0.1, -0.05) is 0 Å². The zero-order chi connectivity index (χ0) is 12.7. The number of ether oxygens (including phenoxy) is 1. The van der Waals surface area contributed by atoms with Gasteiger partial charge in [0.25, 0.3) is 5.91 Å². The SMILES string of the molecule is COCC1(C2CC2)N=C(NC(C)(C)C)NC1=O. The standard InChI is InChI=1S/C12H21N3O2/c1-11(2,3)14-10-13-9(16)12(15-10,7-17-4)8-5-6-8/h8H,5-7H2,1-4H3,(H2,13,14,15,16). The molecule has 0 bridgehead atoms. The van der Waals surface area contributed by atoms with Gasteiger partial charge in [-0.05, 0) is 39.5 Å². The number of methoxy groups -OCH3 is 1. The van der Waals surface area contributed by atoms with Gasteiger partial charge in [0.15, 0.2) is 11.5 Å². The molecule has 0 radical (unpaired) electrons. The molecule has 1 amide bonds. The van der Waals surface area contributed by atoms with Crippen molar-refractivity contribution in [1.82, 2.24) is 10.6 Å². The van der Waals surface area contributed by atoms with Crippen LogP contribution in [0.25, 0.3) is 0 Å². The van der Waals surface area contributed by atoms with E-state index in [0.717, 1.165) is 12.8 Å². The predicted molar refractivity (Wildman–Crippen MR) is 65.8 cm³/mol. The maximum atomic E-state index is 12.1. The lowest BCUT2D eigenvalue weighted by atomic mass is 9.95. The van der Waals surface area contributed by atoms with Crippen molar-refractivity contribution in [2.45, 2.75) is 44.7 Å². The first-order chi connectivity index (χ1) is 7.87. The molecule has 1 saturated carbocycles. The molecule has 5 heteroatoms. The van der Waals surface area contributed by atoms with Crippen molar-refractivity contribution in [3.63, 3.8) is 0 Å². The van der Waals surface area contributed by atoms with Crippen LogP contribution in [0.2, 0.25) is 0 Å². The van der Waals surface area contributed by atoms with Gasteiger partial charge in [-0.2, -0.15) is 0 Å². The molecule has 2 N–H and O–H groups in total. The average Bonchev–Trinajstić information content (AvgIpc) is 2.93. The Bertz CT molecular complexity index is 355. The van der Waals surface area contributed by atoms with E-state index in [9.17, 15) is 4.79 Å². The highest BCUT2D eigenvalue weighted by Gasteiger charge is 2.54. The summed E-state index contributed by atoms with van der Waals surface area (Å²) in [5.74, 6) is 0.877. The van der Waals surface area contributed by atoms with Crippen molar-refractivity contribution < 1.29 is 9.53 Å². The van der Waals surface area contributed by atoms with E-state index in [1.54, 1.807) is 7.11 Å². The molecule has 1 aliphatic carbocycles. The molecule has 2 rings (SSSR count).